The zero-order valence-electron chi connectivity index (χ0n) is 10.8. The number of nitrogens with two attached hydrogens (primary N) is 1. The number of fused-ring (bicyclic) bond motifs is 1. The van der Waals surface area contributed by atoms with Gasteiger partial charge in [0, 0.05) is 23.1 Å². The van der Waals surface area contributed by atoms with Crippen molar-refractivity contribution in [2.45, 2.75) is 32.2 Å². The molecule has 1 atom stereocenters. The first-order chi connectivity index (χ1) is 9.08. The molecular formula is C15H16BrFN2. The summed E-state index contributed by atoms with van der Waals surface area (Å²) in [6, 6.07) is 7.42. The quantitative estimate of drug-likeness (QED) is 0.844. The summed E-state index contributed by atoms with van der Waals surface area (Å²) in [5.74, 6) is -0.237. The lowest BCUT2D eigenvalue weighted by atomic mass is 9.93. The van der Waals surface area contributed by atoms with Crippen LogP contribution in [0.3, 0.4) is 0 Å². The lowest BCUT2D eigenvalue weighted by molar-refractivity contribution is 0.559. The molecule has 0 saturated heterocycles. The van der Waals surface area contributed by atoms with Crippen molar-refractivity contribution in [3.8, 4) is 5.69 Å². The van der Waals surface area contributed by atoms with Crippen molar-refractivity contribution in [2.24, 2.45) is 5.73 Å². The van der Waals surface area contributed by atoms with Crippen molar-refractivity contribution in [2.75, 3.05) is 0 Å². The van der Waals surface area contributed by atoms with Crippen molar-refractivity contribution in [1.82, 2.24) is 4.57 Å². The third-order valence-corrected chi connectivity index (χ3v) is 4.42. The number of aromatic nitrogens is 1. The molecule has 1 aromatic carbocycles. The fraction of sp³-hybridized carbons (Fsp3) is 0.333. The van der Waals surface area contributed by atoms with E-state index in [9.17, 15) is 4.39 Å². The highest BCUT2D eigenvalue weighted by Crippen LogP contribution is 2.33. The van der Waals surface area contributed by atoms with Gasteiger partial charge in [-0.25, -0.2) is 4.39 Å². The Hall–Kier alpha value is -1.13. The van der Waals surface area contributed by atoms with E-state index in [0.29, 0.717) is 4.47 Å². The maximum absolute atomic E-state index is 13.4. The van der Waals surface area contributed by atoms with Crippen molar-refractivity contribution >= 4 is 15.9 Å². The van der Waals surface area contributed by atoms with Crippen LogP contribution in [0.1, 0.15) is 35.8 Å². The number of rotatable bonds is 1. The summed E-state index contributed by atoms with van der Waals surface area (Å²) in [6.45, 7) is 2.07. The van der Waals surface area contributed by atoms with Crippen LogP contribution in [0.15, 0.2) is 28.7 Å². The van der Waals surface area contributed by atoms with E-state index < -0.39 is 0 Å². The highest BCUT2D eigenvalue weighted by molar-refractivity contribution is 9.10. The Bertz CT molecular complexity index is 633. The summed E-state index contributed by atoms with van der Waals surface area (Å²) in [5.41, 5.74) is 10.8. The lowest BCUT2D eigenvalue weighted by Gasteiger charge is -2.21. The molecule has 1 aliphatic carbocycles. The molecule has 0 aliphatic heterocycles. The van der Waals surface area contributed by atoms with Crippen LogP contribution in [0.4, 0.5) is 4.39 Å². The molecule has 2 N–H and O–H groups in total. The first-order valence-electron chi connectivity index (χ1n) is 6.50. The largest absolute Gasteiger partial charge is 0.324 e. The van der Waals surface area contributed by atoms with Crippen LogP contribution in [0.5, 0.6) is 0 Å². The first-order valence-corrected chi connectivity index (χ1v) is 7.29. The maximum Gasteiger partial charge on any atom is 0.137 e. The van der Waals surface area contributed by atoms with Gasteiger partial charge < -0.3 is 10.3 Å². The second-order valence-corrected chi connectivity index (χ2v) is 5.97. The highest BCUT2D eigenvalue weighted by atomic mass is 79.9. The minimum atomic E-state index is -0.237. The Morgan fingerprint density at radius 2 is 2.16 bits per heavy atom. The zero-order chi connectivity index (χ0) is 13.6. The van der Waals surface area contributed by atoms with E-state index in [0.717, 1.165) is 30.6 Å². The van der Waals surface area contributed by atoms with Crippen molar-refractivity contribution in [1.29, 1.82) is 0 Å². The number of nitrogens with zero attached hydrogens (tertiary/aromatic N) is 1. The summed E-state index contributed by atoms with van der Waals surface area (Å²) in [4.78, 5) is 0. The molecule has 4 heteroatoms. The van der Waals surface area contributed by atoms with Crippen molar-refractivity contribution in [3.63, 3.8) is 0 Å². The van der Waals surface area contributed by atoms with Gasteiger partial charge in [0.05, 0.1) is 4.47 Å². The van der Waals surface area contributed by atoms with Gasteiger partial charge in [-0.05, 0) is 71.9 Å². The average Bonchev–Trinajstić information content (AvgIpc) is 2.71. The molecule has 1 aliphatic rings. The van der Waals surface area contributed by atoms with Crippen LogP contribution >= 0.6 is 15.9 Å². The van der Waals surface area contributed by atoms with E-state index in [-0.39, 0.29) is 11.9 Å². The van der Waals surface area contributed by atoms with Gasteiger partial charge in [0.1, 0.15) is 5.82 Å². The molecular weight excluding hydrogens is 307 g/mol. The third kappa shape index (κ3) is 2.13. The summed E-state index contributed by atoms with van der Waals surface area (Å²) in [5, 5.41) is 0. The van der Waals surface area contributed by atoms with E-state index in [2.05, 4.69) is 33.5 Å². The topological polar surface area (TPSA) is 30.9 Å². The first kappa shape index (κ1) is 12.9. The number of hydrogen-bond acceptors (Lipinski definition) is 1. The average molecular weight is 323 g/mol. The van der Waals surface area contributed by atoms with Gasteiger partial charge in [0.2, 0.25) is 0 Å². The van der Waals surface area contributed by atoms with Gasteiger partial charge in [-0.1, -0.05) is 0 Å². The number of halogens is 2. The Kier molecular flexibility index (Phi) is 3.23. The van der Waals surface area contributed by atoms with E-state index in [1.807, 2.05) is 12.1 Å². The summed E-state index contributed by atoms with van der Waals surface area (Å²) >= 11 is 3.25. The maximum atomic E-state index is 13.4. The normalized spacial score (nSPS) is 18.4. The molecule has 0 radical (unpaired) electrons. The molecule has 0 saturated carbocycles. The lowest BCUT2D eigenvalue weighted by Crippen LogP contribution is -2.18. The Morgan fingerprint density at radius 1 is 1.37 bits per heavy atom. The summed E-state index contributed by atoms with van der Waals surface area (Å²) < 4.78 is 16.1. The molecule has 0 amide bonds. The highest BCUT2D eigenvalue weighted by Gasteiger charge is 2.22. The van der Waals surface area contributed by atoms with Gasteiger partial charge in [-0.15, -0.1) is 0 Å². The molecule has 2 aromatic rings. The monoisotopic (exact) mass is 322 g/mol. The van der Waals surface area contributed by atoms with Crippen LogP contribution < -0.4 is 5.73 Å². The molecule has 0 spiro atoms. The van der Waals surface area contributed by atoms with Gasteiger partial charge in [-0.2, -0.15) is 0 Å². The summed E-state index contributed by atoms with van der Waals surface area (Å²) in [7, 11) is 0. The van der Waals surface area contributed by atoms with E-state index >= 15 is 0 Å². The smallest absolute Gasteiger partial charge is 0.137 e. The standard InChI is InChI=1S/C15H16BrFN2/c1-9-7-11-14(18)3-2-4-15(11)19(9)10-5-6-13(17)12(16)8-10/h5-8,14H,2-4,18H2,1H3. The van der Waals surface area contributed by atoms with Gasteiger partial charge in [-0.3, -0.25) is 0 Å². The fourth-order valence-corrected chi connectivity index (χ4v) is 3.29. The Labute approximate surface area is 120 Å². The van der Waals surface area contributed by atoms with Crippen molar-refractivity contribution in [3.05, 3.63) is 51.5 Å². The Morgan fingerprint density at radius 3 is 2.89 bits per heavy atom. The van der Waals surface area contributed by atoms with Gasteiger partial charge in [0.25, 0.3) is 0 Å². The molecule has 100 valence electrons. The van der Waals surface area contributed by atoms with Crippen LogP contribution in [-0.4, -0.2) is 4.57 Å². The molecule has 1 aromatic heterocycles. The molecule has 1 heterocycles. The summed E-state index contributed by atoms with van der Waals surface area (Å²) in [6.07, 6.45) is 3.19. The van der Waals surface area contributed by atoms with Crippen LogP contribution in [0, 0.1) is 12.7 Å². The molecule has 0 fully saturated rings. The van der Waals surface area contributed by atoms with E-state index in [1.165, 1.54) is 17.3 Å². The number of aryl methyl sites for hydroxylation is 1. The van der Waals surface area contributed by atoms with E-state index in [1.54, 1.807) is 0 Å². The fourth-order valence-electron chi connectivity index (χ4n) is 2.92. The van der Waals surface area contributed by atoms with Crippen LogP contribution in [-0.2, 0) is 6.42 Å². The third-order valence-electron chi connectivity index (χ3n) is 3.81. The molecule has 1 unspecified atom stereocenters. The zero-order valence-corrected chi connectivity index (χ0v) is 12.4. The minimum absolute atomic E-state index is 0.132. The minimum Gasteiger partial charge on any atom is -0.324 e. The number of hydrogen-bond donors (Lipinski definition) is 1. The van der Waals surface area contributed by atoms with Crippen LogP contribution in [0.25, 0.3) is 5.69 Å². The SMILES string of the molecule is Cc1cc2c(n1-c1ccc(F)c(Br)c1)CCCC2N. The Balaban J connectivity index is 2.17. The molecule has 0 bridgehead atoms. The van der Waals surface area contributed by atoms with Gasteiger partial charge >= 0.3 is 0 Å². The second-order valence-electron chi connectivity index (χ2n) is 5.12. The van der Waals surface area contributed by atoms with Crippen LogP contribution in [0.2, 0.25) is 0 Å². The predicted molar refractivity (Wildman–Crippen MR) is 78.0 cm³/mol. The molecule has 2 nitrogen and oxygen atoms in total. The molecule has 19 heavy (non-hydrogen) atoms. The van der Waals surface area contributed by atoms with Crippen molar-refractivity contribution < 1.29 is 4.39 Å². The van der Waals surface area contributed by atoms with Gasteiger partial charge in [0.15, 0.2) is 0 Å². The molecule has 3 rings (SSSR count). The second kappa shape index (κ2) is 4.76. The predicted octanol–water partition coefficient (Wildman–Crippen LogP) is 4.02. The van der Waals surface area contributed by atoms with E-state index in [4.69, 9.17) is 5.73 Å². The number of benzene rings is 1.